The van der Waals surface area contributed by atoms with Gasteiger partial charge < -0.3 is 9.71 Å². The molecule has 2 aliphatic carbocycles. The van der Waals surface area contributed by atoms with Gasteiger partial charge in [0, 0.05) is 53.8 Å². The average Bonchev–Trinajstić information content (AvgIpc) is 3.93. The van der Waals surface area contributed by atoms with E-state index in [1.165, 1.54) is 132 Å². The van der Waals surface area contributed by atoms with E-state index >= 15 is 0 Å². The monoisotopic (exact) mass is 860 g/mol. The lowest BCUT2D eigenvalue weighted by Gasteiger charge is -2.52. The van der Waals surface area contributed by atoms with Crippen molar-refractivity contribution in [3.8, 4) is 33.4 Å². The van der Waals surface area contributed by atoms with Crippen LogP contribution in [0.4, 0.5) is 28.4 Å². The van der Waals surface area contributed by atoms with Crippen LogP contribution in [0.2, 0.25) is 0 Å². The summed E-state index contributed by atoms with van der Waals surface area (Å²) in [6, 6.07) is 70.6. The van der Waals surface area contributed by atoms with Gasteiger partial charge in [-0.05, 0) is 120 Å². The minimum Gasteiger partial charge on any atom is -0.376 e. The maximum absolute atomic E-state index is 2.74. The molecule has 15 rings (SSSR count). The van der Waals surface area contributed by atoms with Gasteiger partial charge in [-0.1, -0.05) is 174 Å². The quantitative estimate of drug-likeness (QED) is 0.152. The summed E-state index contributed by atoms with van der Waals surface area (Å²) in [5.41, 5.74) is 25.9. The number of benzene rings is 9. The molecule has 9 aromatic carbocycles. The Kier molecular flexibility index (Phi) is 6.97. The first kappa shape index (κ1) is 37.1. The topological polar surface area (TPSA) is 6.48 Å². The van der Waals surface area contributed by atoms with Gasteiger partial charge in [0.05, 0.1) is 16.8 Å². The Morgan fingerprint density at radius 1 is 0.470 bits per heavy atom. The molecule has 4 heterocycles. The summed E-state index contributed by atoms with van der Waals surface area (Å²) in [5, 5.41) is 2.65. The predicted octanol–water partition coefficient (Wildman–Crippen LogP) is 15.0. The number of fused-ring (bicyclic) bond motifs is 20. The van der Waals surface area contributed by atoms with Gasteiger partial charge in [0.2, 0.25) is 0 Å². The van der Waals surface area contributed by atoms with Crippen LogP contribution in [-0.4, -0.2) is 6.85 Å². The van der Waals surface area contributed by atoms with Crippen LogP contribution >= 0.6 is 11.3 Å². The van der Waals surface area contributed by atoms with E-state index in [0.29, 0.717) is 0 Å². The SMILES string of the molecule is CC(C)(C)c1ccc(N2B3c4cccc5c4N(c4ccccc4C54c5ccccc5-c5ccccc54)c4c3c(cc3c4-c4ccccc4C3(C)C)-c3cc4sc5ccccc5c4cc32)cc1. The molecule has 10 aromatic rings. The number of hydrogen-bond donors (Lipinski definition) is 0. The van der Waals surface area contributed by atoms with Crippen molar-refractivity contribution < 1.29 is 0 Å². The van der Waals surface area contributed by atoms with Crippen molar-refractivity contribution in [2.45, 2.75) is 50.9 Å². The van der Waals surface area contributed by atoms with Crippen LogP contribution < -0.4 is 20.6 Å². The van der Waals surface area contributed by atoms with Crippen molar-refractivity contribution in [1.29, 1.82) is 0 Å². The normalized spacial score (nSPS) is 15.8. The van der Waals surface area contributed by atoms with Crippen LogP contribution in [0.15, 0.2) is 182 Å². The standard InChI is InChI=1S/C62H45BN2S/c1-60(2,3)36-29-31-37(32-30-36)65-53-34-43-40-19-9-15-28-54(40)66-55(43)35-42(53)44-33-50-56(41-20-8-10-21-45(41)61(50,4)5)59-57(44)63(65)51-26-16-25-49-58(51)64(59)52-27-14-13-24-48(52)62(49)46-22-11-6-17-38(46)39-18-7-12-23-47(39)62/h6-35H,1-5H3. The van der Waals surface area contributed by atoms with Crippen LogP contribution in [0.25, 0.3) is 53.6 Å². The summed E-state index contributed by atoms with van der Waals surface area (Å²) < 4.78 is 2.66. The largest absolute Gasteiger partial charge is 0.376 e. The van der Waals surface area contributed by atoms with E-state index < -0.39 is 5.41 Å². The second-order valence-electron chi connectivity index (χ2n) is 20.7. The van der Waals surface area contributed by atoms with Crippen LogP contribution in [0.5, 0.6) is 0 Å². The first-order chi connectivity index (χ1) is 32.2. The lowest BCUT2D eigenvalue weighted by atomic mass is 9.42. The van der Waals surface area contributed by atoms with Crippen molar-refractivity contribution in [2.24, 2.45) is 0 Å². The van der Waals surface area contributed by atoms with Crippen LogP contribution in [0, 0.1) is 0 Å². The molecule has 0 amide bonds. The van der Waals surface area contributed by atoms with Gasteiger partial charge >= 0.3 is 6.85 Å². The highest BCUT2D eigenvalue weighted by Gasteiger charge is 2.57. The Morgan fingerprint density at radius 2 is 1.11 bits per heavy atom. The molecule has 3 aliphatic heterocycles. The number of rotatable bonds is 1. The number of hydrogen-bond acceptors (Lipinski definition) is 3. The fourth-order valence-corrected chi connectivity index (χ4v) is 14.5. The van der Waals surface area contributed by atoms with Crippen molar-refractivity contribution in [1.82, 2.24) is 0 Å². The third-order valence-electron chi connectivity index (χ3n) is 16.2. The molecule has 312 valence electrons. The summed E-state index contributed by atoms with van der Waals surface area (Å²) in [6.07, 6.45) is 0. The molecule has 1 spiro atoms. The second kappa shape index (κ2) is 12.4. The lowest BCUT2D eigenvalue weighted by Crippen LogP contribution is -2.63. The highest BCUT2D eigenvalue weighted by Crippen LogP contribution is 2.66. The Labute approximate surface area is 390 Å². The van der Waals surface area contributed by atoms with E-state index in [0.717, 1.165) is 0 Å². The smallest absolute Gasteiger partial charge is 0.333 e. The molecule has 0 bridgehead atoms. The van der Waals surface area contributed by atoms with Crippen LogP contribution in [0.1, 0.15) is 73.6 Å². The average molecular weight is 861 g/mol. The van der Waals surface area contributed by atoms with Gasteiger partial charge in [0.25, 0.3) is 0 Å². The van der Waals surface area contributed by atoms with Gasteiger partial charge in [-0.15, -0.1) is 11.3 Å². The molecule has 1 aromatic heterocycles. The number of thiophene rings is 1. The summed E-state index contributed by atoms with van der Waals surface area (Å²) in [7, 11) is 0. The van der Waals surface area contributed by atoms with Gasteiger partial charge in [-0.3, -0.25) is 0 Å². The zero-order valence-electron chi connectivity index (χ0n) is 37.7. The minimum absolute atomic E-state index is 0.0278. The predicted molar refractivity (Wildman–Crippen MR) is 280 cm³/mol. The van der Waals surface area contributed by atoms with Gasteiger partial charge in [-0.2, -0.15) is 0 Å². The Bertz CT molecular complexity index is 3760. The number of nitrogens with zero attached hydrogens (tertiary/aromatic N) is 2. The fourth-order valence-electron chi connectivity index (χ4n) is 13.4. The molecule has 66 heavy (non-hydrogen) atoms. The van der Waals surface area contributed by atoms with Crippen LogP contribution in [0.3, 0.4) is 0 Å². The van der Waals surface area contributed by atoms with Gasteiger partial charge in [0.1, 0.15) is 0 Å². The summed E-state index contributed by atoms with van der Waals surface area (Å²) in [6.45, 7) is 11.7. The van der Waals surface area contributed by atoms with E-state index in [-0.39, 0.29) is 17.7 Å². The summed E-state index contributed by atoms with van der Waals surface area (Å²) in [5.74, 6) is 0. The number of anilines is 5. The van der Waals surface area contributed by atoms with Gasteiger partial charge in [0.15, 0.2) is 0 Å². The van der Waals surface area contributed by atoms with Crippen molar-refractivity contribution in [2.75, 3.05) is 9.71 Å². The van der Waals surface area contributed by atoms with E-state index in [2.05, 4.69) is 226 Å². The molecular weight excluding hydrogens is 816 g/mol. The molecule has 0 atom stereocenters. The molecule has 0 N–H and O–H groups in total. The van der Waals surface area contributed by atoms with Crippen LogP contribution in [-0.2, 0) is 16.2 Å². The maximum Gasteiger partial charge on any atom is 0.333 e. The lowest BCUT2D eigenvalue weighted by molar-refractivity contribution is 0.590. The van der Waals surface area contributed by atoms with Crippen molar-refractivity contribution in [3.05, 3.63) is 221 Å². The summed E-state index contributed by atoms with van der Waals surface area (Å²) >= 11 is 1.92. The first-order valence-corrected chi connectivity index (χ1v) is 24.4. The summed E-state index contributed by atoms with van der Waals surface area (Å²) in [4.78, 5) is 5.47. The van der Waals surface area contributed by atoms with Crippen molar-refractivity contribution >= 4 is 77.7 Å². The fraction of sp³-hybridized carbons (Fsp3) is 0.129. The number of para-hydroxylation sites is 2. The zero-order valence-corrected chi connectivity index (χ0v) is 38.5. The molecule has 0 radical (unpaired) electrons. The third kappa shape index (κ3) is 4.36. The molecule has 0 fully saturated rings. The highest BCUT2D eigenvalue weighted by molar-refractivity contribution is 7.25. The third-order valence-corrected chi connectivity index (χ3v) is 17.3. The Morgan fingerprint density at radius 3 is 1.85 bits per heavy atom. The van der Waals surface area contributed by atoms with Gasteiger partial charge in [-0.25, -0.2) is 0 Å². The minimum atomic E-state index is -0.519. The molecular formula is C62H45BN2S. The maximum atomic E-state index is 2.74. The van der Waals surface area contributed by atoms with E-state index in [4.69, 9.17) is 0 Å². The Balaban J connectivity index is 1.14. The van der Waals surface area contributed by atoms with Crippen molar-refractivity contribution in [3.63, 3.8) is 0 Å². The molecule has 0 unspecified atom stereocenters. The molecule has 4 heteroatoms. The van der Waals surface area contributed by atoms with E-state index in [1.54, 1.807) is 0 Å². The zero-order chi connectivity index (χ0) is 44.0. The molecule has 0 saturated carbocycles. The highest BCUT2D eigenvalue weighted by atomic mass is 32.1. The van der Waals surface area contributed by atoms with E-state index in [1.807, 2.05) is 11.3 Å². The molecule has 2 nitrogen and oxygen atoms in total. The Hall–Kier alpha value is -7.14. The first-order valence-electron chi connectivity index (χ1n) is 23.5. The molecule has 0 saturated heterocycles. The second-order valence-corrected chi connectivity index (χ2v) is 21.8. The molecule has 5 aliphatic rings. The van der Waals surface area contributed by atoms with E-state index in [9.17, 15) is 0 Å².